The Hall–Kier alpha value is -5.74. The zero-order chi connectivity index (χ0) is 28.1. The molecule has 0 atom stereocenters. The molecular weight excluding hydrogens is 512 g/mol. The second kappa shape index (κ2) is 11.4. The highest BCUT2D eigenvalue weighted by Gasteiger charge is 2.26. The lowest BCUT2D eigenvalue weighted by Gasteiger charge is -2.23. The van der Waals surface area contributed by atoms with Crippen molar-refractivity contribution in [3.8, 4) is 67.3 Å². The predicted octanol–water partition coefficient (Wildman–Crippen LogP) is 9.27. The van der Waals surface area contributed by atoms with Gasteiger partial charge in [0.1, 0.15) is 0 Å². The molecule has 0 N–H and O–H groups in total. The van der Waals surface area contributed by atoms with Gasteiger partial charge in [0, 0.05) is 47.0 Å². The molecule has 4 heterocycles. The van der Waals surface area contributed by atoms with E-state index in [9.17, 15) is 0 Å². The third-order valence-electron chi connectivity index (χ3n) is 7.33. The molecule has 7 aromatic rings. The Balaban J connectivity index is 1.69. The average Bonchev–Trinajstić information content (AvgIpc) is 3.09. The summed E-state index contributed by atoms with van der Waals surface area (Å²) in [5.41, 5.74) is 11.8. The minimum atomic E-state index is 0.843. The second-order valence-corrected chi connectivity index (χ2v) is 9.87. The van der Waals surface area contributed by atoms with Crippen molar-refractivity contribution >= 4 is 0 Å². The quantitative estimate of drug-likeness (QED) is 0.212. The molecule has 0 aliphatic rings. The van der Waals surface area contributed by atoms with Crippen LogP contribution in [0.2, 0.25) is 0 Å². The van der Waals surface area contributed by atoms with Gasteiger partial charge in [-0.05, 0) is 76.9 Å². The topological polar surface area (TPSA) is 51.6 Å². The fourth-order valence-electron chi connectivity index (χ4n) is 5.53. The van der Waals surface area contributed by atoms with Gasteiger partial charge in [-0.1, -0.05) is 78.9 Å². The second-order valence-electron chi connectivity index (χ2n) is 9.87. The molecule has 0 aliphatic carbocycles. The van der Waals surface area contributed by atoms with Gasteiger partial charge < -0.3 is 0 Å². The minimum absolute atomic E-state index is 0.843. The summed E-state index contributed by atoms with van der Waals surface area (Å²) in [4.78, 5) is 19.5. The first-order chi connectivity index (χ1) is 20.9. The van der Waals surface area contributed by atoms with Crippen molar-refractivity contribution in [3.05, 3.63) is 158 Å². The normalized spacial score (nSPS) is 10.9. The molecule has 0 spiro atoms. The molecule has 0 fully saturated rings. The van der Waals surface area contributed by atoms with Crippen molar-refractivity contribution in [2.24, 2.45) is 0 Å². The number of pyridine rings is 4. The smallest absolute Gasteiger partial charge is 0.0716 e. The SMILES string of the molecule is c1ccc(-c2ccccc2-c2cc(-c3ccccn3)c(-c3ccccn3)c(-c3ccccn3)c2-c2ccccn2)cc1. The number of aromatic nitrogens is 4. The lowest BCUT2D eigenvalue weighted by Crippen LogP contribution is -2.01. The first kappa shape index (κ1) is 25.2. The van der Waals surface area contributed by atoms with E-state index in [1.165, 1.54) is 0 Å². The fraction of sp³-hybridized carbons (Fsp3) is 0. The Morgan fingerprint density at radius 2 is 0.714 bits per heavy atom. The van der Waals surface area contributed by atoms with Crippen LogP contribution in [0.1, 0.15) is 0 Å². The Labute approximate surface area is 245 Å². The lowest BCUT2D eigenvalue weighted by molar-refractivity contribution is 1.27. The largest absolute Gasteiger partial charge is 0.256 e. The van der Waals surface area contributed by atoms with E-state index in [1.807, 2.05) is 85.5 Å². The summed E-state index contributed by atoms with van der Waals surface area (Å²) >= 11 is 0. The molecule has 4 nitrogen and oxygen atoms in total. The van der Waals surface area contributed by atoms with E-state index in [4.69, 9.17) is 19.9 Å². The van der Waals surface area contributed by atoms with Crippen LogP contribution in [-0.2, 0) is 0 Å². The summed E-state index contributed by atoms with van der Waals surface area (Å²) in [5.74, 6) is 0. The maximum atomic E-state index is 4.90. The summed E-state index contributed by atoms with van der Waals surface area (Å²) in [6, 6.07) is 45.4. The van der Waals surface area contributed by atoms with Crippen LogP contribution in [0, 0.1) is 0 Å². The van der Waals surface area contributed by atoms with Crippen LogP contribution >= 0.6 is 0 Å². The molecule has 0 saturated heterocycles. The highest BCUT2D eigenvalue weighted by molar-refractivity contribution is 6.06. The highest BCUT2D eigenvalue weighted by Crippen LogP contribution is 2.50. The van der Waals surface area contributed by atoms with E-state index >= 15 is 0 Å². The van der Waals surface area contributed by atoms with Gasteiger partial charge in [0.15, 0.2) is 0 Å². The van der Waals surface area contributed by atoms with Gasteiger partial charge in [-0.3, -0.25) is 19.9 Å². The molecule has 0 radical (unpaired) electrons. The van der Waals surface area contributed by atoms with Crippen molar-refractivity contribution in [2.45, 2.75) is 0 Å². The Morgan fingerprint density at radius 3 is 1.24 bits per heavy atom. The molecule has 0 saturated carbocycles. The molecule has 0 unspecified atom stereocenters. The third-order valence-corrected chi connectivity index (χ3v) is 7.33. The van der Waals surface area contributed by atoms with Crippen molar-refractivity contribution in [3.63, 3.8) is 0 Å². The summed E-state index contributed by atoms with van der Waals surface area (Å²) in [7, 11) is 0. The van der Waals surface area contributed by atoms with Crippen molar-refractivity contribution in [1.29, 1.82) is 0 Å². The third kappa shape index (κ3) is 4.76. The summed E-state index contributed by atoms with van der Waals surface area (Å²) < 4.78 is 0. The minimum Gasteiger partial charge on any atom is -0.256 e. The predicted molar refractivity (Wildman–Crippen MR) is 170 cm³/mol. The molecule has 0 amide bonds. The summed E-state index contributed by atoms with van der Waals surface area (Å²) in [6.07, 6.45) is 7.35. The van der Waals surface area contributed by atoms with E-state index in [0.717, 1.165) is 67.3 Å². The van der Waals surface area contributed by atoms with Crippen LogP contribution < -0.4 is 0 Å². The first-order valence-electron chi connectivity index (χ1n) is 13.9. The highest BCUT2D eigenvalue weighted by atomic mass is 14.7. The van der Waals surface area contributed by atoms with Crippen LogP contribution in [0.3, 0.4) is 0 Å². The van der Waals surface area contributed by atoms with Crippen LogP contribution in [0.5, 0.6) is 0 Å². The van der Waals surface area contributed by atoms with Crippen molar-refractivity contribution < 1.29 is 0 Å². The maximum absolute atomic E-state index is 4.90. The van der Waals surface area contributed by atoms with E-state index in [2.05, 4.69) is 72.8 Å². The van der Waals surface area contributed by atoms with Crippen molar-refractivity contribution in [1.82, 2.24) is 19.9 Å². The van der Waals surface area contributed by atoms with Gasteiger partial charge in [-0.2, -0.15) is 0 Å². The zero-order valence-corrected chi connectivity index (χ0v) is 22.8. The van der Waals surface area contributed by atoms with Crippen molar-refractivity contribution in [2.75, 3.05) is 0 Å². The number of rotatable bonds is 6. The van der Waals surface area contributed by atoms with Gasteiger partial charge in [0.2, 0.25) is 0 Å². The lowest BCUT2D eigenvalue weighted by atomic mass is 9.81. The van der Waals surface area contributed by atoms with Crippen LogP contribution in [0.15, 0.2) is 158 Å². The Bertz CT molecular complexity index is 1940. The van der Waals surface area contributed by atoms with Gasteiger partial charge in [0.05, 0.1) is 22.8 Å². The van der Waals surface area contributed by atoms with Crippen LogP contribution in [-0.4, -0.2) is 19.9 Å². The molecule has 3 aromatic carbocycles. The van der Waals surface area contributed by atoms with Gasteiger partial charge in [-0.15, -0.1) is 0 Å². The van der Waals surface area contributed by atoms with Gasteiger partial charge >= 0.3 is 0 Å². The maximum Gasteiger partial charge on any atom is 0.0716 e. The standard InChI is InChI=1S/C38H26N4/c1-2-14-27(15-3-1)28-16-4-5-17-29(28)30-26-31(32-18-6-10-22-39-32)37(34-20-8-12-24-41-34)38(35-21-9-13-25-42-35)36(30)33-19-7-11-23-40-33/h1-26H. The first-order valence-corrected chi connectivity index (χ1v) is 13.9. The summed E-state index contributed by atoms with van der Waals surface area (Å²) in [5, 5.41) is 0. The molecule has 0 aliphatic heterocycles. The van der Waals surface area contributed by atoms with E-state index in [0.29, 0.717) is 0 Å². The zero-order valence-electron chi connectivity index (χ0n) is 22.8. The molecule has 198 valence electrons. The molecule has 4 heteroatoms. The number of hydrogen-bond donors (Lipinski definition) is 0. The number of benzene rings is 3. The monoisotopic (exact) mass is 538 g/mol. The van der Waals surface area contributed by atoms with Crippen LogP contribution in [0.4, 0.5) is 0 Å². The average molecular weight is 539 g/mol. The van der Waals surface area contributed by atoms with Crippen LogP contribution in [0.25, 0.3) is 67.3 Å². The molecule has 4 aromatic heterocycles. The van der Waals surface area contributed by atoms with Gasteiger partial charge in [-0.25, -0.2) is 0 Å². The Morgan fingerprint density at radius 1 is 0.286 bits per heavy atom. The molecular formula is C38H26N4. The summed E-state index contributed by atoms with van der Waals surface area (Å²) in [6.45, 7) is 0. The Kier molecular flexibility index (Phi) is 6.85. The molecule has 7 rings (SSSR count). The fourth-order valence-corrected chi connectivity index (χ4v) is 5.53. The van der Waals surface area contributed by atoms with E-state index < -0.39 is 0 Å². The van der Waals surface area contributed by atoms with E-state index in [1.54, 1.807) is 0 Å². The molecule has 0 bridgehead atoms. The number of nitrogens with zero attached hydrogens (tertiary/aromatic N) is 4. The molecule has 42 heavy (non-hydrogen) atoms. The number of hydrogen-bond acceptors (Lipinski definition) is 4. The van der Waals surface area contributed by atoms with Gasteiger partial charge in [0.25, 0.3) is 0 Å². The van der Waals surface area contributed by atoms with E-state index in [-0.39, 0.29) is 0 Å².